The number of anilines is 2. The van der Waals surface area contributed by atoms with Gasteiger partial charge in [-0.05, 0) is 48.1 Å². The zero-order valence-corrected chi connectivity index (χ0v) is 16.3. The fourth-order valence-electron chi connectivity index (χ4n) is 3.34. The molecule has 140 valence electrons. The van der Waals surface area contributed by atoms with Crippen molar-refractivity contribution in [1.82, 2.24) is 4.90 Å². The smallest absolute Gasteiger partial charge is 0.228 e. The predicted molar refractivity (Wildman–Crippen MR) is 108 cm³/mol. The summed E-state index contributed by atoms with van der Waals surface area (Å²) in [5, 5.41) is 2.01. The van der Waals surface area contributed by atoms with Crippen LogP contribution in [-0.2, 0) is 22.5 Å². The number of nitrogens with two attached hydrogens (primary N) is 1. The first kappa shape index (κ1) is 18.7. The van der Waals surface area contributed by atoms with Crippen molar-refractivity contribution in [2.24, 2.45) is 0 Å². The molecule has 1 amide bonds. The van der Waals surface area contributed by atoms with Gasteiger partial charge in [0.2, 0.25) is 5.91 Å². The molecule has 0 spiro atoms. The van der Waals surface area contributed by atoms with Gasteiger partial charge in [-0.25, -0.2) is 0 Å². The number of hydrogen-bond donors (Lipinski definition) is 1. The molecule has 3 rings (SSSR count). The zero-order valence-electron chi connectivity index (χ0n) is 15.5. The summed E-state index contributed by atoms with van der Waals surface area (Å²) in [6.07, 6.45) is 2.65. The van der Waals surface area contributed by atoms with Gasteiger partial charge in [0, 0.05) is 50.0 Å². The third-order valence-electron chi connectivity index (χ3n) is 4.65. The number of carbonyl (C=O) groups excluding carboxylic acids is 1. The van der Waals surface area contributed by atoms with Crippen molar-refractivity contribution in [2.45, 2.75) is 31.9 Å². The molecule has 0 bridgehead atoms. The molecular weight excluding hydrogens is 346 g/mol. The summed E-state index contributed by atoms with van der Waals surface area (Å²) < 4.78 is 5.78. The van der Waals surface area contributed by atoms with Crippen LogP contribution in [0.1, 0.15) is 23.3 Å². The van der Waals surface area contributed by atoms with Crippen molar-refractivity contribution < 1.29 is 9.53 Å². The molecule has 1 fully saturated rings. The Morgan fingerprint density at radius 3 is 2.85 bits per heavy atom. The lowest BCUT2D eigenvalue weighted by molar-refractivity contribution is -0.132. The standard InChI is InChI=1S/C20H27N3O2S/c1-22(2)19-8-7-16(21)11-15(19)13-23(14-17-5-3-9-25-17)20(24)12-18-6-4-10-26-18/h4,6-8,10-11,17H,3,5,9,12-14,21H2,1-2H3/t17-/m0/s1. The van der Waals surface area contributed by atoms with E-state index in [-0.39, 0.29) is 12.0 Å². The van der Waals surface area contributed by atoms with Gasteiger partial charge >= 0.3 is 0 Å². The summed E-state index contributed by atoms with van der Waals surface area (Å²) in [4.78, 5) is 18.1. The fourth-order valence-corrected chi connectivity index (χ4v) is 4.03. The highest BCUT2D eigenvalue weighted by molar-refractivity contribution is 7.10. The van der Waals surface area contributed by atoms with Crippen LogP contribution in [0.5, 0.6) is 0 Å². The maximum atomic E-state index is 13.0. The average Bonchev–Trinajstić information content (AvgIpc) is 3.28. The van der Waals surface area contributed by atoms with Crippen molar-refractivity contribution in [3.63, 3.8) is 0 Å². The van der Waals surface area contributed by atoms with Gasteiger partial charge in [-0.2, -0.15) is 0 Å². The van der Waals surface area contributed by atoms with Gasteiger partial charge in [-0.3, -0.25) is 4.79 Å². The molecule has 0 radical (unpaired) electrons. The van der Waals surface area contributed by atoms with Crippen LogP contribution in [0.2, 0.25) is 0 Å². The zero-order chi connectivity index (χ0) is 18.5. The second-order valence-electron chi connectivity index (χ2n) is 6.95. The summed E-state index contributed by atoms with van der Waals surface area (Å²) in [5.41, 5.74) is 8.87. The highest BCUT2D eigenvalue weighted by Gasteiger charge is 2.24. The van der Waals surface area contributed by atoms with Crippen LogP contribution in [-0.4, -0.2) is 44.2 Å². The number of nitrogen functional groups attached to an aromatic ring is 1. The van der Waals surface area contributed by atoms with E-state index in [0.717, 1.165) is 35.6 Å². The van der Waals surface area contributed by atoms with E-state index >= 15 is 0 Å². The summed E-state index contributed by atoms with van der Waals surface area (Å²) in [6.45, 7) is 1.97. The first-order valence-corrected chi connectivity index (χ1v) is 9.88. The number of hydrogen-bond acceptors (Lipinski definition) is 5. The maximum Gasteiger partial charge on any atom is 0.228 e. The minimum Gasteiger partial charge on any atom is -0.399 e. The molecular formula is C20H27N3O2S. The normalized spacial score (nSPS) is 16.6. The molecule has 2 aromatic rings. The van der Waals surface area contributed by atoms with Gasteiger partial charge in [0.05, 0.1) is 12.5 Å². The van der Waals surface area contributed by atoms with Crippen LogP contribution in [0.3, 0.4) is 0 Å². The molecule has 1 saturated heterocycles. The number of amides is 1. The van der Waals surface area contributed by atoms with E-state index in [0.29, 0.717) is 25.2 Å². The first-order chi connectivity index (χ1) is 12.5. The Hall–Kier alpha value is -2.05. The largest absolute Gasteiger partial charge is 0.399 e. The molecule has 5 nitrogen and oxygen atoms in total. The highest BCUT2D eigenvalue weighted by atomic mass is 32.1. The van der Waals surface area contributed by atoms with Gasteiger partial charge in [0.15, 0.2) is 0 Å². The minimum atomic E-state index is 0.131. The number of carbonyl (C=O) groups is 1. The summed E-state index contributed by atoms with van der Waals surface area (Å²) in [7, 11) is 4.01. The van der Waals surface area contributed by atoms with E-state index in [2.05, 4.69) is 4.90 Å². The third-order valence-corrected chi connectivity index (χ3v) is 5.53. The van der Waals surface area contributed by atoms with Crippen LogP contribution in [0.15, 0.2) is 35.7 Å². The van der Waals surface area contributed by atoms with Crippen molar-refractivity contribution in [1.29, 1.82) is 0 Å². The second kappa shape index (κ2) is 8.56. The van der Waals surface area contributed by atoms with Gasteiger partial charge < -0.3 is 20.3 Å². The molecule has 1 atom stereocenters. The topological polar surface area (TPSA) is 58.8 Å². The van der Waals surface area contributed by atoms with E-state index in [9.17, 15) is 4.79 Å². The Bertz CT molecular complexity index is 725. The lowest BCUT2D eigenvalue weighted by Crippen LogP contribution is -2.38. The number of rotatable bonds is 7. The number of benzene rings is 1. The van der Waals surface area contributed by atoms with Crippen molar-refractivity contribution >= 4 is 28.6 Å². The van der Waals surface area contributed by atoms with Gasteiger partial charge in [0.25, 0.3) is 0 Å². The summed E-state index contributed by atoms with van der Waals surface area (Å²) >= 11 is 1.62. The summed E-state index contributed by atoms with van der Waals surface area (Å²) in [6, 6.07) is 9.88. The molecule has 2 N–H and O–H groups in total. The Morgan fingerprint density at radius 1 is 1.35 bits per heavy atom. The first-order valence-electron chi connectivity index (χ1n) is 9.00. The van der Waals surface area contributed by atoms with Crippen LogP contribution >= 0.6 is 11.3 Å². The fraction of sp³-hybridized carbons (Fsp3) is 0.450. The number of nitrogens with zero attached hydrogens (tertiary/aromatic N) is 2. The lowest BCUT2D eigenvalue weighted by atomic mass is 10.1. The predicted octanol–water partition coefficient (Wildman–Crippen LogP) is 3.15. The van der Waals surface area contributed by atoms with Crippen LogP contribution < -0.4 is 10.6 Å². The Balaban J connectivity index is 1.80. The van der Waals surface area contributed by atoms with Crippen molar-refractivity contribution in [3.8, 4) is 0 Å². The van der Waals surface area contributed by atoms with E-state index < -0.39 is 0 Å². The molecule has 1 aliphatic heterocycles. The van der Waals surface area contributed by atoms with Gasteiger partial charge in [-0.1, -0.05) is 6.07 Å². The molecule has 0 saturated carbocycles. The van der Waals surface area contributed by atoms with Crippen LogP contribution in [0.25, 0.3) is 0 Å². The molecule has 26 heavy (non-hydrogen) atoms. The number of thiophene rings is 1. The van der Waals surface area contributed by atoms with E-state index in [1.165, 1.54) is 0 Å². The van der Waals surface area contributed by atoms with E-state index in [1.54, 1.807) is 11.3 Å². The highest BCUT2D eigenvalue weighted by Crippen LogP contribution is 2.25. The number of ether oxygens (including phenoxy) is 1. The molecule has 1 aliphatic rings. The van der Waals surface area contributed by atoms with Gasteiger partial charge in [0.1, 0.15) is 0 Å². The molecule has 1 aromatic carbocycles. The quantitative estimate of drug-likeness (QED) is 0.758. The molecule has 2 heterocycles. The Kier molecular flexibility index (Phi) is 6.16. The van der Waals surface area contributed by atoms with Crippen LogP contribution in [0.4, 0.5) is 11.4 Å². The van der Waals surface area contributed by atoms with Crippen molar-refractivity contribution in [3.05, 3.63) is 46.2 Å². The third kappa shape index (κ3) is 4.77. The SMILES string of the molecule is CN(C)c1ccc(N)cc1CN(C[C@@H]1CCCO1)C(=O)Cc1cccs1. The van der Waals surface area contributed by atoms with Crippen molar-refractivity contribution in [2.75, 3.05) is 37.9 Å². The van der Waals surface area contributed by atoms with E-state index in [1.807, 2.05) is 54.7 Å². The molecule has 0 unspecified atom stereocenters. The van der Waals surface area contributed by atoms with Crippen LogP contribution in [0, 0.1) is 0 Å². The molecule has 1 aromatic heterocycles. The molecule has 6 heteroatoms. The Labute approximate surface area is 159 Å². The second-order valence-corrected chi connectivity index (χ2v) is 7.98. The Morgan fingerprint density at radius 2 is 2.19 bits per heavy atom. The maximum absolute atomic E-state index is 13.0. The van der Waals surface area contributed by atoms with Gasteiger partial charge in [-0.15, -0.1) is 11.3 Å². The lowest BCUT2D eigenvalue weighted by Gasteiger charge is -2.28. The molecule has 0 aliphatic carbocycles. The summed E-state index contributed by atoms with van der Waals surface area (Å²) in [5.74, 6) is 0.134. The minimum absolute atomic E-state index is 0.131. The monoisotopic (exact) mass is 373 g/mol. The average molecular weight is 374 g/mol. The van der Waals surface area contributed by atoms with E-state index in [4.69, 9.17) is 10.5 Å².